The van der Waals surface area contributed by atoms with E-state index >= 15 is 0 Å². The van der Waals surface area contributed by atoms with Gasteiger partial charge in [0.2, 0.25) is 5.91 Å². The maximum Gasteiger partial charge on any atom is 0.225 e. The summed E-state index contributed by atoms with van der Waals surface area (Å²) in [5.74, 6) is 2.84. The molecule has 1 saturated carbocycles. The number of carbonyl (C=O) groups excluding carboxylic acids is 1. The average Bonchev–Trinajstić information content (AvgIpc) is 3.12. The van der Waals surface area contributed by atoms with Crippen LogP contribution in [-0.4, -0.2) is 65.6 Å². The van der Waals surface area contributed by atoms with Gasteiger partial charge in [-0.2, -0.15) is 0 Å². The Morgan fingerprint density at radius 2 is 2.00 bits per heavy atom. The molecule has 0 aromatic heterocycles. The number of carbonyl (C=O) groups is 1. The minimum absolute atomic E-state index is 0.117. The third-order valence-electron chi connectivity index (χ3n) is 4.79. The van der Waals surface area contributed by atoms with Gasteiger partial charge in [-0.15, -0.1) is 6.42 Å². The number of aliphatic hydroxyl groups excluding tert-OH is 2. The Morgan fingerprint density at radius 3 is 2.61 bits per heavy atom. The van der Waals surface area contributed by atoms with E-state index in [9.17, 15) is 15.0 Å². The molecule has 150 valence electrons. The molecular formula is C19H23N3O5S. The molecule has 1 aromatic carbocycles. The number of rotatable bonds is 5. The van der Waals surface area contributed by atoms with Crippen molar-refractivity contribution >= 4 is 28.5 Å². The summed E-state index contributed by atoms with van der Waals surface area (Å²) in [6.07, 6.45) is 3.30. The summed E-state index contributed by atoms with van der Waals surface area (Å²) in [7, 11) is 3.12. The summed E-state index contributed by atoms with van der Waals surface area (Å²) in [4.78, 5) is 17.0. The molecule has 3 rings (SSSR count). The van der Waals surface area contributed by atoms with Crippen LogP contribution < -0.4 is 20.1 Å². The number of methoxy groups -OCH3 is 2. The fourth-order valence-corrected chi connectivity index (χ4v) is 4.76. The number of fused-ring (bicyclic) bond motifs is 1. The zero-order chi connectivity index (χ0) is 20.3. The lowest BCUT2D eigenvalue weighted by molar-refractivity contribution is -0.129. The molecule has 1 aliphatic carbocycles. The van der Waals surface area contributed by atoms with Gasteiger partial charge in [0, 0.05) is 29.1 Å². The standard InChI is InChI=1S/C19H23N3O5S/c1-4-5-20-18(25)13-9-14(23)16(24)15-17(13)28-19(22-15)21-10-6-11(26-2)8-12(7-10)27-3/h1,6-8,13-17,23-24H,5,9H2,2-3H3,(H,20,25)(H,21,22). The van der Waals surface area contributed by atoms with Crippen molar-refractivity contribution in [2.24, 2.45) is 10.9 Å². The van der Waals surface area contributed by atoms with Crippen molar-refractivity contribution in [3.8, 4) is 23.8 Å². The monoisotopic (exact) mass is 405 g/mol. The highest BCUT2D eigenvalue weighted by molar-refractivity contribution is 8.15. The van der Waals surface area contributed by atoms with Crippen LogP contribution in [-0.2, 0) is 4.79 Å². The summed E-state index contributed by atoms with van der Waals surface area (Å²) in [5, 5.41) is 26.6. The number of hydrogen-bond donors (Lipinski definition) is 4. The summed E-state index contributed by atoms with van der Waals surface area (Å²) in [5.41, 5.74) is 0.699. The van der Waals surface area contributed by atoms with Crippen LogP contribution >= 0.6 is 11.8 Å². The third kappa shape index (κ3) is 4.19. The normalized spacial score (nSPS) is 28.5. The van der Waals surface area contributed by atoms with Crippen LogP contribution in [0.25, 0.3) is 0 Å². The zero-order valence-corrected chi connectivity index (χ0v) is 16.4. The van der Waals surface area contributed by atoms with E-state index in [2.05, 4.69) is 21.5 Å². The number of anilines is 1. The van der Waals surface area contributed by atoms with Crippen molar-refractivity contribution < 1.29 is 24.5 Å². The lowest BCUT2D eigenvalue weighted by atomic mass is 9.81. The van der Waals surface area contributed by atoms with Crippen LogP contribution in [0.3, 0.4) is 0 Å². The number of hydrogen-bond acceptors (Lipinski definition) is 8. The molecule has 1 aromatic rings. The van der Waals surface area contributed by atoms with Crippen LogP contribution in [0.1, 0.15) is 6.42 Å². The first kappa shape index (κ1) is 20.3. The van der Waals surface area contributed by atoms with Crippen LogP contribution in [0, 0.1) is 18.3 Å². The molecule has 4 N–H and O–H groups in total. The van der Waals surface area contributed by atoms with Gasteiger partial charge in [0.05, 0.1) is 38.8 Å². The number of terminal acetylenes is 1. The predicted octanol–water partition coefficient (Wildman–Crippen LogP) is 0.447. The van der Waals surface area contributed by atoms with Crippen molar-refractivity contribution in [1.82, 2.24) is 5.32 Å². The molecule has 1 heterocycles. The Labute approximate surface area is 167 Å². The van der Waals surface area contributed by atoms with Crippen molar-refractivity contribution in [2.75, 3.05) is 26.1 Å². The number of thioether (sulfide) groups is 1. The molecule has 8 nitrogen and oxygen atoms in total. The van der Waals surface area contributed by atoms with Crippen molar-refractivity contribution in [3.63, 3.8) is 0 Å². The van der Waals surface area contributed by atoms with Gasteiger partial charge >= 0.3 is 0 Å². The van der Waals surface area contributed by atoms with Crippen molar-refractivity contribution in [1.29, 1.82) is 0 Å². The molecule has 0 spiro atoms. The Kier molecular flexibility index (Phi) is 6.34. The zero-order valence-electron chi connectivity index (χ0n) is 15.6. The first-order valence-electron chi connectivity index (χ1n) is 8.78. The highest BCUT2D eigenvalue weighted by Crippen LogP contribution is 2.41. The summed E-state index contributed by atoms with van der Waals surface area (Å²) < 4.78 is 10.5. The van der Waals surface area contributed by atoms with E-state index in [1.54, 1.807) is 32.4 Å². The highest BCUT2D eigenvalue weighted by atomic mass is 32.2. The second-order valence-corrected chi connectivity index (χ2v) is 7.72. The van der Waals surface area contributed by atoms with E-state index < -0.39 is 24.2 Å². The van der Waals surface area contributed by atoms with E-state index in [1.165, 1.54) is 11.8 Å². The molecule has 5 atom stereocenters. The van der Waals surface area contributed by atoms with Gasteiger partial charge in [0.25, 0.3) is 0 Å². The molecule has 0 radical (unpaired) electrons. The van der Waals surface area contributed by atoms with Crippen LogP contribution in [0.5, 0.6) is 11.5 Å². The number of amidine groups is 1. The fourth-order valence-electron chi connectivity index (χ4n) is 3.38. The lowest BCUT2D eigenvalue weighted by Crippen LogP contribution is -2.54. The number of aliphatic imine (C=N–C) groups is 1. The SMILES string of the molecule is C#CCNC(=O)C1CC(O)C(O)C2N=C(Nc3cc(OC)cc(OC)c3)SC12. The summed E-state index contributed by atoms with van der Waals surface area (Å²) >= 11 is 1.37. The van der Waals surface area contributed by atoms with E-state index in [0.717, 1.165) is 0 Å². The number of nitrogens with zero attached hydrogens (tertiary/aromatic N) is 1. The van der Waals surface area contributed by atoms with Gasteiger partial charge in [-0.25, -0.2) is 0 Å². The molecule has 1 amide bonds. The minimum atomic E-state index is -1.03. The van der Waals surface area contributed by atoms with E-state index in [0.29, 0.717) is 22.4 Å². The highest BCUT2D eigenvalue weighted by Gasteiger charge is 2.50. The fraction of sp³-hybridized carbons (Fsp3) is 0.474. The van der Waals surface area contributed by atoms with Crippen LogP contribution in [0.15, 0.2) is 23.2 Å². The second kappa shape index (κ2) is 8.73. The van der Waals surface area contributed by atoms with Gasteiger partial charge in [-0.1, -0.05) is 17.7 Å². The van der Waals surface area contributed by atoms with Gasteiger partial charge < -0.3 is 30.3 Å². The molecule has 28 heavy (non-hydrogen) atoms. The number of aliphatic hydroxyl groups is 2. The van der Waals surface area contributed by atoms with E-state index in [4.69, 9.17) is 15.9 Å². The molecular weight excluding hydrogens is 382 g/mol. The van der Waals surface area contributed by atoms with E-state index in [1.807, 2.05) is 0 Å². The largest absolute Gasteiger partial charge is 0.497 e. The van der Waals surface area contributed by atoms with Gasteiger partial charge in [0.15, 0.2) is 5.17 Å². The Hall–Kier alpha value is -2.41. The lowest BCUT2D eigenvalue weighted by Gasteiger charge is -2.37. The molecule has 5 unspecified atom stereocenters. The molecule has 0 bridgehead atoms. The molecule has 9 heteroatoms. The second-order valence-electron chi connectivity index (χ2n) is 6.56. The molecule has 1 fully saturated rings. The van der Waals surface area contributed by atoms with Crippen molar-refractivity contribution in [2.45, 2.75) is 29.9 Å². The van der Waals surface area contributed by atoms with E-state index in [-0.39, 0.29) is 24.1 Å². The topological polar surface area (TPSA) is 112 Å². The van der Waals surface area contributed by atoms with Gasteiger partial charge in [-0.3, -0.25) is 9.79 Å². The Morgan fingerprint density at radius 1 is 1.32 bits per heavy atom. The van der Waals surface area contributed by atoms with Crippen LogP contribution in [0.2, 0.25) is 0 Å². The average molecular weight is 405 g/mol. The number of ether oxygens (including phenoxy) is 2. The first-order chi connectivity index (χ1) is 13.5. The maximum atomic E-state index is 12.5. The predicted molar refractivity (Wildman–Crippen MR) is 108 cm³/mol. The Bertz CT molecular complexity index is 787. The summed E-state index contributed by atoms with van der Waals surface area (Å²) in [6.45, 7) is 0.117. The number of nitrogens with one attached hydrogen (secondary N) is 2. The maximum absolute atomic E-state index is 12.5. The van der Waals surface area contributed by atoms with Crippen molar-refractivity contribution in [3.05, 3.63) is 18.2 Å². The number of amides is 1. The first-order valence-corrected chi connectivity index (χ1v) is 9.66. The minimum Gasteiger partial charge on any atom is -0.497 e. The van der Waals surface area contributed by atoms with Gasteiger partial charge in [-0.05, 0) is 6.42 Å². The Balaban J connectivity index is 1.79. The quantitative estimate of drug-likeness (QED) is 0.526. The molecule has 1 aliphatic heterocycles. The molecule has 0 saturated heterocycles. The smallest absolute Gasteiger partial charge is 0.225 e. The third-order valence-corrected chi connectivity index (χ3v) is 6.10. The molecule has 2 aliphatic rings. The van der Waals surface area contributed by atoms with Gasteiger partial charge in [0.1, 0.15) is 17.6 Å². The number of benzene rings is 1. The van der Waals surface area contributed by atoms with Crippen LogP contribution in [0.4, 0.5) is 5.69 Å². The summed E-state index contributed by atoms with van der Waals surface area (Å²) in [6, 6.07) is 4.73.